The van der Waals surface area contributed by atoms with Gasteiger partial charge in [0.2, 0.25) is 0 Å². The zero-order valence-corrected chi connectivity index (χ0v) is 16.5. The third kappa shape index (κ3) is 2.72. The van der Waals surface area contributed by atoms with Crippen LogP contribution in [0.25, 0.3) is 0 Å². The van der Waals surface area contributed by atoms with E-state index >= 15 is 0 Å². The van der Waals surface area contributed by atoms with E-state index < -0.39 is 33.4 Å². The number of amides is 4. The molecule has 0 aromatic heterocycles. The summed E-state index contributed by atoms with van der Waals surface area (Å²) in [7, 11) is -3.99. The Hall–Kier alpha value is -3.20. The van der Waals surface area contributed by atoms with E-state index in [0.29, 0.717) is 16.3 Å². The lowest BCUT2D eigenvalue weighted by Gasteiger charge is -2.26. The minimum absolute atomic E-state index is 0.0607. The van der Waals surface area contributed by atoms with Crippen molar-refractivity contribution >= 4 is 27.9 Å². The van der Waals surface area contributed by atoms with Crippen LogP contribution in [0.4, 0.5) is 4.79 Å². The Kier molecular flexibility index (Phi) is 4.42. The maximum absolute atomic E-state index is 13.1. The summed E-state index contributed by atoms with van der Waals surface area (Å²) in [4.78, 5) is 39.1. The number of imide groups is 1. The average Bonchev–Trinajstić information content (AvgIpc) is 3.09. The first-order chi connectivity index (χ1) is 13.8. The van der Waals surface area contributed by atoms with E-state index in [1.54, 1.807) is 43.3 Å². The highest BCUT2D eigenvalue weighted by atomic mass is 32.2. The van der Waals surface area contributed by atoms with Crippen molar-refractivity contribution in [3.8, 4) is 0 Å². The van der Waals surface area contributed by atoms with E-state index in [1.165, 1.54) is 12.1 Å². The molecule has 2 heterocycles. The van der Waals surface area contributed by atoms with Crippen LogP contribution >= 0.6 is 0 Å². The van der Waals surface area contributed by atoms with Crippen LogP contribution in [0.2, 0.25) is 0 Å². The number of nitrogens with zero attached hydrogens (tertiary/aromatic N) is 2. The number of rotatable bonds is 5. The van der Waals surface area contributed by atoms with Gasteiger partial charge >= 0.3 is 6.03 Å². The molecule has 2 aromatic carbocycles. The molecule has 29 heavy (non-hydrogen) atoms. The van der Waals surface area contributed by atoms with Gasteiger partial charge < -0.3 is 5.32 Å². The first kappa shape index (κ1) is 19.1. The molecule has 0 aliphatic carbocycles. The molecule has 1 atom stereocenters. The van der Waals surface area contributed by atoms with Crippen LogP contribution in [0.15, 0.2) is 59.5 Å². The fraction of sp³-hybridized carbons (Fsp3) is 0.250. The van der Waals surface area contributed by atoms with Gasteiger partial charge in [-0.15, -0.1) is 0 Å². The monoisotopic (exact) mass is 413 g/mol. The molecule has 2 aromatic rings. The molecule has 0 bridgehead atoms. The molecule has 2 aliphatic heterocycles. The molecule has 1 fully saturated rings. The second-order valence-electron chi connectivity index (χ2n) is 6.89. The summed E-state index contributed by atoms with van der Waals surface area (Å²) in [6, 6.07) is 14.2. The minimum atomic E-state index is -3.99. The summed E-state index contributed by atoms with van der Waals surface area (Å²) < 4.78 is 26.1. The molecule has 0 radical (unpaired) electrons. The van der Waals surface area contributed by atoms with E-state index in [-0.39, 0.29) is 23.5 Å². The Morgan fingerprint density at radius 1 is 0.931 bits per heavy atom. The topological polar surface area (TPSA) is 104 Å². The van der Waals surface area contributed by atoms with Crippen molar-refractivity contribution in [2.75, 3.05) is 13.1 Å². The van der Waals surface area contributed by atoms with E-state index in [0.717, 1.165) is 4.90 Å². The summed E-state index contributed by atoms with van der Waals surface area (Å²) in [5.41, 5.74) is -0.452. The van der Waals surface area contributed by atoms with Gasteiger partial charge in [0.25, 0.3) is 21.8 Å². The molecule has 8 nitrogen and oxygen atoms in total. The fourth-order valence-electron chi connectivity index (χ4n) is 3.83. The number of carbonyl (C=O) groups is 3. The van der Waals surface area contributed by atoms with Crippen LogP contribution in [0, 0.1) is 0 Å². The van der Waals surface area contributed by atoms with Gasteiger partial charge in [-0.3, -0.25) is 14.5 Å². The van der Waals surface area contributed by atoms with Crippen molar-refractivity contribution in [1.82, 2.24) is 14.5 Å². The zero-order valence-electron chi connectivity index (χ0n) is 15.7. The summed E-state index contributed by atoms with van der Waals surface area (Å²) in [6.45, 7) is 1.27. The van der Waals surface area contributed by atoms with Gasteiger partial charge in [0.15, 0.2) is 0 Å². The average molecular weight is 413 g/mol. The lowest BCUT2D eigenvalue weighted by Crippen LogP contribution is -2.44. The quantitative estimate of drug-likeness (QED) is 0.752. The van der Waals surface area contributed by atoms with Crippen molar-refractivity contribution in [3.05, 3.63) is 65.7 Å². The van der Waals surface area contributed by atoms with Crippen molar-refractivity contribution in [2.24, 2.45) is 0 Å². The molecule has 9 heteroatoms. The van der Waals surface area contributed by atoms with E-state index in [1.807, 2.05) is 6.07 Å². The SMILES string of the molecule is CCC1(c2ccccc2)NC(=O)N(CCN2C(=O)c3ccccc3S2(=O)=O)C1=O. The number of hydrogen-bond acceptors (Lipinski definition) is 5. The Morgan fingerprint density at radius 3 is 2.24 bits per heavy atom. The van der Waals surface area contributed by atoms with Crippen molar-refractivity contribution in [3.63, 3.8) is 0 Å². The molecule has 4 amide bonds. The predicted molar refractivity (Wildman–Crippen MR) is 103 cm³/mol. The number of benzene rings is 2. The Balaban J connectivity index is 1.58. The largest absolute Gasteiger partial charge is 0.325 e. The summed E-state index contributed by atoms with van der Waals surface area (Å²) in [6.07, 6.45) is 0.338. The summed E-state index contributed by atoms with van der Waals surface area (Å²) >= 11 is 0. The highest BCUT2D eigenvalue weighted by Crippen LogP contribution is 2.33. The Labute approximate surface area is 168 Å². The number of sulfonamides is 1. The van der Waals surface area contributed by atoms with Crippen molar-refractivity contribution in [1.29, 1.82) is 0 Å². The van der Waals surface area contributed by atoms with Gasteiger partial charge in [-0.2, -0.15) is 0 Å². The third-order valence-electron chi connectivity index (χ3n) is 5.41. The van der Waals surface area contributed by atoms with Crippen LogP contribution in [0.3, 0.4) is 0 Å². The molecule has 150 valence electrons. The molecule has 0 spiro atoms. The minimum Gasteiger partial charge on any atom is -0.319 e. The number of urea groups is 1. The van der Waals surface area contributed by atoms with Crippen molar-refractivity contribution in [2.45, 2.75) is 23.8 Å². The number of nitrogens with one attached hydrogen (secondary N) is 1. The normalized spacial score (nSPS) is 22.7. The van der Waals surface area contributed by atoms with E-state index in [2.05, 4.69) is 5.32 Å². The predicted octanol–water partition coefficient (Wildman–Crippen LogP) is 1.69. The number of carbonyl (C=O) groups excluding carboxylic acids is 3. The second kappa shape index (κ2) is 6.70. The highest BCUT2D eigenvalue weighted by molar-refractivity contribution is 7.90. The zero-order chi connectivity index (χ0) is 20.8. The van der Waals surface area contributed by atoms with Crippen LogP contribution in [-0.4, -0.2) is 48.6 Å². The second-order valence-corrected chi connectivity index (χ2v) is 8.72. The van der Waals surface area contributed by atoms with Gasteiger partial charge in [0.1, 0.15) is 10.4 Å². The maximum Gasteiger partial charge on any atom is 0.325 e. The van der Waals surface area contributed by atoms with Gasteiger partial charge in [0.05, 0.1) is 12.1 Å². The van der Waals surface area contributed by atoms with Crippen LogP contribution in [0.1, 0.15) is 29.3 Å². The molecule has 2 aliphatic rings. The molecular weight excluding hydrogens is 394 g/mol. The first-order valence-corrected chi connectivity index (χ1v) is 10.6. The number of fused-ring (bicyclic) bond motifs is 1. The Morgan fingerprint density at radius 2 is 1.59 bits per heavy atom. The van der Waals surface area contributed by atoms with Crippen LogP contribution in [-0.2, 0) is 20.4 Å². The van der Waals surface area contributed by atoms with Crippen LogP contribution in [0.5, 0.6) is 0 Å². The standard InChI is InChI=1S/C20H19N3O5S/c1-2-20(14-8-4-3-5-9-14)18(25)22(19(26)21-20)12-13-23-17(24)15-10-6-7-11-16(15)29(23,27)28/h3-11H,2,12-13H2,1H3,(H,21,26). The lowest BCUT2D eigenvalue weighted by molar-refractivity contribution is -0.131. The van der Waals surface area contributed by atoms with Gasteiger partial charge in [-0.1, -0.05) is 49.4 Å². The third-order valence-corrected chi connectivity index (χ3v) is 7.25. The first-order valence-electron chi connectivity index (χ1n) is 9.18. The lowest BCUT2D eigenvalue weighted by atomic mass is 9.87. The summed E-state index contributed by atoms with van der Waals surface area (Å²) in [5, 5.41) is 2.74. The number of hydrogen-bond donors (Lipinski definition) is 1. The maximum atomic E-state index is 13.1. The molecule has 4 rings (SSSR count). The van der Waals surface area contributed by atoms with Crippen LogP contribution < -0.4 is 5.32 Å². The molecule has 1 N–H and O–H groups in total. The fourth-order valence-corrected chi connectivity index (χ4v) is 5.39. The van der Waals surface area contributed by atoms with Gasteiger partial charge in [0, 0.05) is 6.54 Å². The van der Waals surface area contributed by atoms with E-state index in [4.69, 9.17) is 0 Å². The molecule has 1 saturated heterocycles. The molecule has 1 unspecified atom stereocenters. The Bertz CT molecular complexity index is 1120. The summed E-state index contributed by atoms with van der Waals surface area (Å²) in [5.74, 6) is -1.12. The highest BCUT2D eigenvalue weighted by Gasteiger charge is 2.51. The smallest absolute Gasteiger partial charge is 0.319 e. The molecular formula is C20H19N3O5S. The van der Waals surface area contributed by atoms with Gasteiger partial charge in [-0.05, 0) is 24.1 Å². The van der Waals surface area contributed by atoms with E-state index in [9.17, 15) is 22.8 Å². The van der Waals surface area contributed by atoms with Gasteiger partial charge in [-0.25, -0.2) is 17.5 Å². The van der Waals surface area contributed by atoms with Crippen molar-refractivity contribution < 1.29 is 22.8 Å². The molecule has 0 saturated carbocycles.